The number of anilines is 1. The van der Waals surface area contributed by atoms with Gasteiger partial charge in [-0.05, 0) is 58.0 Å². The third-order valence-electron chi connectivity index (χ3n) is 3.27. The normalized spacial score (nSPS) is 15.4. The third-order valence-corrected chi connectivity index (χ3v) is 3.57. The molecule has 0 bridgehead atoms. The lowest BCUT2D eigenvalue weighted by Crippen LogP contribution is -2.34. The first-order chi connectivity index (χ1) is 9.56. The van der Waals surface area contributed by atoms with Gasteiger partial charge in [0.25, 0.3) is 0 Å². The fourth-order valence-corrected chi connectivity index (χ4v) is 2.48. The van der Waals surface area contributed by atoms with Crippen molar-refractivity contribution in [3.05, 3.63) is 23.2 Å². The monoisotopic (exact) mass is 332 g/mol. The smallest absolute Gasteiger partial charge is 0.227 e. The van der Waals surface area contributed by atoms with Crippen molar-refractivity contribution in [3.8, 4) is 5.75 Å². The molecule has 0 aliphatic carbocycles. The van der Waals surface area contributed by atoms with E-state index in [4.69, 9.17) is 16.3 Å². The molecule has 0 aromatic heterocycles. The summed E-state index contributed by atoms with van der Waals surface area (Å²) in [6, 6.07) is 5.35. The average molecular weight is 333 g/mol. The molecule has 0 saturated carbocycles. The van der Waals surface area contributed by atoms with Gasteiger partial charge >= 0.3 is 0 Å². The van der Waals surface area contributed by atoms with Gasteiger partial charge in [-0.1, -0.05) is 11.6 Å². The summed E-state index contributed by atoms with van der Waals surface area (Å²) in [4.78, 5) is 12.1. The highest BCUT2D eigenvalue weighted by Crippen LogP contribution is 2.29. The standard InChI is InChI=1S/C15H21ClN2O2.ClH/c1-10(2)20-14-4-3-12(9-13(14)16)18-15(19)11-5-7-17-8-6-11;/h3-4,9-11,17H,5-8H2,1-2H3,(H,18,19);1H. The van der Waals surface area contributed by atoms with E-state index in [1.54, 1.807) is 12.1 Å². The van der Waals surface area contributed by atoms with Gasteiger partial charge in [0.15, 0.2) is 0 Å². The second-order valence-corrected chi connectivity index (χ2v) is 5.73. The quantitative estimate of drug-likeness (QED) is 0.887. The molecule has 21 heavy (non-hydrogen) atoms. The summed E-state index contributed by atoms with van der Waals surface area (Å²) in [5.41, 5.74) is 0.717. The van der Waals surface area contributed by atoms with E-state index in [0.29, 0.717) is 10.8 Å². The minimum atomic E-state index is 0. The molecule has 0 unspecified atom stereocenters. The Morgan fingerprint density at radius 2 is 2.05 bits per heavy atom. The number of benzene rings is 1. The minimum absolute atomic E-state index is 0. The van der Waals surface area contributed by atoms with Crippen LogP contribution in [0.1, 0.15) is 26.7 Å². The molecule has 1 fully saturated rings. The van der Waals surface area contributed by atoms with Crippen LogP contribution in [-0.4, -0.2) is 25.1 Å². The van der Waals surface area contributed by atoms with Gasteiger partial charge in [0.2, 0.25) is 5.91 Å². The summed E-state index contributed by atoms with van der Waals surface area (Å²) in [5, 5.41) is 6.69. The zero-order valence-corrected chi connectivity index (χ0v) is 13.9. The highest BCUT2D eigenvalue weighted by molar-refractivity contribution is 6.32. The Bertz CT molecular complexity index is 475. The first-order valence-corrected chi connectivity index (χ1v) is 7.42. The fourth-order valence-electron chi connectivity index (χ4n) is 2.26. The number of hydrogen-bond donors (Lipinski definition) is 2. The molecule has 2 N–H and O–H groups in total. The Hall–Kier alpha value is -0.970. The van der Waals surface area contributed by atoms with Gasteiger partial charge in [-0.25, -0.2) is 0 Å². The molecule has 1 amide bonds. The number of halogens is 2. The van der Waals surface area contributed by atoms with E-state index < -0.39 is 0 Å². The predicted octanol–water partition coefficient (Wildman–Crippen LogP) is 3.49. The van der Waals surface area contributed by atoms with Gasteiger partial charge in [-0.2, -0.15) is 0 Å². The molecule has 1 aliphatic heterocycles. The summed E-state index contributed by atoms with van der Waals surface area (Å²) in [5.74, 6) is 0.795. The van der Waals surface area contributed by atoms with Crippen LogP contribution in [0.3, 0.4) is 0 Å². The van der Waals surface area contributed by atoms with E-state index in [1.165, 1.54) is 0 Å². The molecule has 1 heterocycles. The second-order valence-electron chi connectivity index (χ2n) is 5.33. The Kier molecular flexibility index (Phi) is 7.29. The third kappa shape index (κ3) is 5.38. The van der Waals surface area contributed by atoms with Crippen molar-refractivity contribution in [2.45, 2.75) is 32.8 Å². The summed E-state index contributed by atoms with van der Waals surface area (Å²) >= 11 is 6.16. The zero-order chi connectivity index (χ0) is 14.5. The summed E-state index contributed by atoms with van der Waals surface area (Å²) in [6.45, 7) is 5.70. The number of piperidine rings is 1. The van der Waals surface area contributed by atoms with Crippen molar-refractivity contribution in [1.29, 1.82) is 0 Å². The maximum Gasteiger partial charge on any atom is 0.227 e. The molecule has 1 aliphatic rings. The topological polar surface area (TPSA) is 50.4 Å². The van der Waals surface area contributed by atoms with Gasteiger partial charge in [-0.15, -0.1) is 12.4 Å². The zero-order valence-electron chi connectivity index (χ0n) is 12.3. The number of carbonyl (C=O) groups is 1. The van der Waals surface area contributed by atoms with Crippen LogP contribution in [0.15, 0.2) is 18.2 Å². The van der Waals surface area contributed by atoms with Crippen molar-refractivity contribution < 1.29 is 9.53 Å². The van der Waals surface area contributed by atoms with E-state index in [0.717, 1.165) is 31.6 Å². The van der Waals surface area contributed by atoms with Crippen molar-refractivity contribution >= 4 is 35.6 Å². The molecule has 118 valence electrons. The summed E-state index contributed by atoms with van der Waals surface area (Å²) in [7, 11) is 0. The van der Waals surface area contributed by atoms with E-state index in [1.807, 2.05) is 19.9 Å². The van der Waals surface area contributed by atoms with Gasteiger partial charge in [0.05, 0.1) is 11.1 Å². The molecule has 2 rings (SSSR count). The van der Waals surface area contributed by atoms with Crippen molar-refractivity contribution in [2.75, 3.05) is 18.4 Å². The van der Waals surface area contributed by atoms with E-state index in [9.17, 15) is 4.79 Å². The largest absolute Gasteiger partial charge is 0.489 e. The molecule has 1 saturated heterocycles. The maximum absolute atomic E-state index is 12.1. The van der Waals surface area contributed by atoms with Crippen LogP contribution in [0.2, 0.25) is 5.02 Å². The van der Waals surface area contributed by atoms with E-state index >= 15 is 0 Å². The average Bonchev–Trinajstić information content (AvgIpc) is 2.42. The number of carbonyl (C=O) groups excluding carboxylic acids is 1. The number of rotatable bonds is 4. The molecule has 4 nitrogen and oxygen atoms in total. The Morgan fingerprint density at radius 1 is 1.38 bits per heavy atom. The van der Waals surface area contributed by atoms with Gasteiger partial charge in [0, 0.05) is 11.6 Å². The molecule has 0 spiro atoms. The molecule has 1 aromatic rings. The van der Waals surface area contributed by atoms with Crippen molar-refractivity contribution in [1.82, 2.24) is 5.32 Å². The van der Waals surface area contributed by atoms with Crippen molar-refractivity contribution in [2.24, 2.45) is 5.92 Å². The number of hydrogen-bond acceptors (Lipinski definition) is 3. The molecule has 1 aromatic carbocycles. The highest BCUT2D eigenvalue weighted by Gasteiger charge is 2.21. The SMILES string of the molecule is CC(C)Oc1ccc(NC(=O)C2CCNCC2)cc1Cl.Cl. The first-order valence-electron chi connectivity index (χ1n) is 7.04. The number of nitrogens with one attached hydrogen (secondary N) is 2. The Balaban J connectivity index is 0.00000220. The van der Waals surface area contributed by atoms with Crippen LogP contribution < -0.4 is 15.4 Å². The summed E-state index contributed by atoms with van der Waals surface area (Å²) < 4.78 is 5.57. The van der Waals surface area contributed by atoms with E-state index in [2.05, 4.69) is 10.6 Å². The number of ether oxygens (including phenoxy) is 1. The van der Waals surface area contributed by atoms with Crippen LogP contribution in [-0.2, 0) is 4.79 Å². The first kappa shape index (κ1) is 18.1. The van der Waals surface area contributed by atoms with Crippen LogP contribution >= 0.6 is 24.0 Å². The lowest BCUT2D eigenvalue weighted by atomic mass is 9.97. The lowest BCUT2D eigenvalue weighted by Gasteiger charge is -2.22. The lowest BCUT2D eigenvalue weighted by molar-refractivity contribution is -0.120. The van der Waals surface area contributed by atoms with Gasteiger partial charge < -0.3 is 15.4 Å². The number of amides is 1. The highest BCUT2D eigenvalue weighted by atomic mass is 35.5. The molecule has 0 atom stereocenters. The fraction of sp³-hybridized carbons (Fsp3) is 0.533. The predicted molar refractivity (Wildman–Crippen MR) is 88.7 cm³/mol. The van der Waals surface area contributed by atoms with Crippen LogP contribution in [0.5, 0.6) is 5.75 Å². The molecule has 6 heteroatoms. The van der Waals surface area contributed by atoms with E-state index in [-0.39, 0.29) is 30.3 Å². The Morgan fingerprint density at radius 3 is 2.62 bits per heavy atom. The second kappa shape index (κ2) is 8.47. The van der Waals surface area contributed by atoms with Gasteiger partial charge in [0.1, 0.15) is 5.75 Å². The molecule has 0 radical (unpaired) electrons. The minimum Gasteiger partial charge on any atom is -0.489 e. The van der Waals surface area contributed by atoms with Crippen molar-refractivity contribution in [3.63, 3.8) is 0 Å². The molecular weight excluding hydrogens is 311 g/mol. The van der Waals surface area contributed by atoms with Crippen LogP contribution in [0, 0.1) is 5.92 Å². The maximum atomic E-state index is 12.1. The Labute approximate surface area is 137 Å². The molecular formula is C15H22Cl2N2O2. The van der Waals surface area contributed by atoms with Crippen LogP contribution in [0.4, 0.5) is 5.69 Å². The van der Waals surface area contributed by atoms with Gasteiger partial charge in [-0.3, -0.25) is 4.79 Å². The summed E-state index contributed by atoms with van der Waals surface area (Å²) in [6.07, 6.45) is 1.84. The van der Waals surface area contributed by atoms with Crippen LogP contribution in [0.25, 0.3) is 0 Å².